The molecule has 2 aromatic carbocycles. The van der Waals surface area contributed by atoms with E-state index in [1.807, 2.05) is 43.3 Å². The van der Waals surface area contributed by atoms with Gasteiger partial charge in [0.2, 0.25) is 0 Å². The number of ketones is 1. The van der Waals surface area contributed by atoms with E-state index >= 15 is 0 Å². The van der Waals surface area contributed by atoms with Crippen molar-refractivity contribution in [2.24, 2.45) is 0 Å². The van der Waals surface area contributed by atoms with Gasteiger partial charge in [0.1, 0.15) is 5.82 Å². The fourth-order valence-electron chi connectivity index (χ4n) is 1.86. The highest BCUT2D eigenvalue weighted by Gasteiger charge is 2.07. The summed E-state index contributed by atoms with van der Waals surface area (Å²) in [6, 6.07) is 11.9. The average Bonchev–Trinajstić information content (AvgIpc) is 2.41. The number of carbonyl (C=O) groups excluding carboxylic acids is 1. The van der Waals surface area contributed by atoms with Crippen molar-refractivity contribution in [3.63, 3.8) is 0 Å². The summed E-state index contributed by atoms with van der Waals surface area (Å²) < 4.78 is 13.8. The number of hydrogen-bond donors (Lipinski definition) is 1. The molecule has 4 heteroatoms. The van der Waals surface area contributed by atoms with E-state index in [4.69, 9.17) is 0 Å². The predicted molar refractivity (Wildman–Crippen MR) is 80.5 cm³/mol. The molecule has 20 heavy (non-hydrogen) atoms. The van der Waals surface area contributed by atoms with Crippen molar-refractivity contribution < 1.29 is 9.18 Å². The summed E-state index contributed by atoms with van der Waals surface area (Å²) in [6.45, 7) is 1.46. The fourth-order valence-corrected chi connectivity index (χ4v) is 1.86. The summed E-state index contributed by atoms with van der Waals surface area (Å²) in [5.41, 5.74) is 2.57. The molecule has 0 spiro atoms. The molecule has 0 atom stereocenters. The van der Waals surface area contributed by atoms with Crippen molar-refractivity contribution >= 4 is 22.8 Å². The molecule has 1 N–H and O–H groups in total. The van der Waals surface area contributed by atoms with E-state index in [9.17, 15) is 9.18 Å². The lowest BCUT2D eigenvalue weighted by Gasteiger charge is -2.15. The second kappa shape index (κ2) is 5.74. The van der Waals surface area contributed by atoms with Gasteiger partial charge in [-0.15, -0.1) is 0 Å². The van der Waals surface area contributed by atoms with Crippen LogP contribution in [0.3, 0.4) is 0 Å². The number of rotatable bonds is 4. The minimum atomic E-state index is -0.384. The maximum atomic E-state index is 13.8. The van der Waals surface area contributed by atoms with Crippen LogP contribution in [0.1, 0.15) is 17.3 Å². The Morgan fingerprint density at radius 1 is 1.15 bits per heavy atom. The molecule has 0 amide bonds. The highest BCUT2D eigenvalue weighted by Crippen LogP contribution is 2.24. The third kappa shape index (κ3) is 3.15. The molecule has 0 fully saturated rings. The van der Waals surface area contributed by atoms with E-state index in [2.05, 4.69) is 5.32 Å². The van der Waals surface area contributed by atoms with Gasteiger partial charge in [-0.2, -0.15) is 0 Å². The van der Waals surface area contributed by atoms with Crippen LogP contribution in [0.5, 0.6) is 0 Å². The minimum absolute atomic E-state index is 0.0879. The lowest BCUT2D eigenvalue weighted by Crippen LogP contribution is -2.08. The molecule has 0 bridgehead atoms. The second-order valence-corrected chi connectivity index (χ2v) is 4.82. The lowest BCUT2D eigenvalue weighted by molar-refractivity contribution is 0.101. The fraction of sp³-hybridized carbons (Fsp3) is 0.188. The summed E-state index contributed by atoms with van der Waals surface area (Å²) in [5.74, 6) is -0.472. The first-order valence-electron chi connectivity index (χ1n) is 6.32. The number of halogens is 1. The van der Waals surface area contributed by atoms with E-state index in [0.717, 1.165) is 11.4 Å². The van der Waals surface area contributed by atoms with E-state index in [1.165, 1.54) is 25.1 Å². The van der Waals surface area contributed by atoms with Crippen molar-refractivity contribution in [1.29, 1.82) is 0 Å². The minimum Gasteiger partial charge on any atom is -0.378 e. The van der Waals surface area contributed by atoms with E-state index in [-0.39, 0.29) is 11.6 Å². The SMILES string of the molecule is CC(=O)c1ccc(F)c(Nc2cccc(N(C)C)c2)c1. The van der Waals surface area contributed by atoms with Crippen LogP contribution in [0.2, 0.25) is 0 Å². The summed E-state index contributed by atoms with van der Waals surface area (Å²) in [5, 5.41) is 3.01. The molecule has 0 aliphatic carbocycles. The van der Waals surface area contributed by atoms with E-state index in [1.54, 1.807) is 0 Å². The number of hydrogen-bond acceptors (Lipinski definition) is 3. The molecule has 3 nitrogen and oxygen atoms in total. The Morgan fingerprint density at radius 2 is 1.90 bits per heavy atom. The predicted octanol–water partition coefficient (Wildman–Crippen LogP) is 3.84. The van der Waals surface area contributed by atoms with Gasteiger partial charge >= 0.3 is 0 Å². The molecule has 0 aliphatic heterocycles. The number of carbonyl (C=O) groups is 1. The van der Waals surface area contributed by atoms with Crippen LogP contribution < -0.4 is 10.2 Å². The van der Waals surface area contributed by atoms with Crippen LogP contribution in [0.15, 0.2) is 42.5 Å². The Balaban J connectivity index is 2.32. The first-order valence-corrected chi connectivity index (χ1v) is 6.32. The van der Waals surface area contributed by atoms with Gasteiger partial charge in [0, 0.05) is 31.0 Å². The largest absolute Gasteiger partial charge is 0.378 e. The van der Waals surface area contributed by atoms with Crippen molar-refractivity contribution in [2.75, 3.05) is 24.3 Å². The zero-order valence-corrected chi connectivity index (χ0v) is 11.8. The molecule has 0 saturated heterocycles. The molecule has 0 aromatic heterocycles. The van der Waals surface area contributed by atoms with Gasteiger partial charge < -0.3 is 10.2 Å². The van der Waals surface area contributed by atoms with Gasteiger partial charge in [0.05, 0.1) is 5.69 Å². The highest BCUT2D eigenvalue weighted by molar-refractivity contribution is 5.95. The van der Waals surface area contributed by atoms with Crippen LogP contribution >= 0.6 is 0 Å². The first-order chi connectivity index (χ1) is 9.47. The van der Waals surface area contributed by atoms with Gasteiger partial charge in [-0.05, 0) is 43.3 Å². The normalized spacial score (nSPS) is 10.2. The van der Waals surface area contributed by atoms with Crippen LogP contribution in [-0.2, 0) is 0 Å². The van der Waals surface area contributed by atoms with Gasteiger partial charge in [0.25, 0.3) is 0 Å². The van der Waals surface area contributed by atoms with E-state index < -0.39 is 0 Å². The lowest BCUT2D eigenvalue weighted by atomic mass is 10.1. The van der Waals surface area contributed by atoms with Crippen molar-refractivity contribution in [1.82, 2.24) is 0 Å². The van der Waals surface area contributed by atoms with Crippen LogP contribution in [0.25, 0.3) is 0 Å². The maximum Gasteiger partial charge on any atom is 0.159 e. The molecule has 0 unspecified atom stereocenters. The summed E-state index contributed by atoms with van der Waals surface area (Å²) in [6.07, 6.45) is 0. The molecule has 0 saturated carbocycles. The molecule has 2 aromatic rings. The van der Waals surface area contributed by atoms with E-state index in [0.29, 0.717) is 11.3 Å². The Morgan fingerprint density at radius 3 is 2.55 bits per heavy atom. The van der Waals surface area contributed by atoms with Gasteiger partial charge in [-0.1, -0.05) is 6.07 Å². The Kier molecular flexibility index (Phi) is 4.03. The molecule has 104 valence electrons. The Bertz CT molecular complexity index is 638. The quantitative estimate of drug-likeness (QED) is 0.858. The molecule has 0 radical (unpaired) electrons. The highest BCUT2D eigenvalue weighted by atomic mass is 19.1. The number of Topliss-reactive ketones (excluding diaryl/α,β-unsaturated/α-hetero) is 1. The smallest absolute Gasteiger partial charge is 0.159 e. The van der Waals surface area contributed by atoms with Crippen molar-refractivity contribution in [2.45, 2.75) is 6.92 Å². The van der Waals surface area contributed by atoms with Crippen LogP contribution in [-0.4, -0.2) is 19.9 Å². The van der Waals surface area contributed by atoms with Crippen molar-refractivity contribution in [3.05, 3.63) is 53.8 Å². The van der Waals surface area contributed by atoms with Crippen molar-refractivity contribution in [3.8, 4) is 0 Å². The topological polar surface area (TPSA) is 32.3 Å². The number of nitrogens with zero attached hydrogens (tertiary/aromatic N) is 1. The average molecular weight is 272 g/mol. The summed E-state index contributed by atoms with van der Waals surface area (Å²) >= 11 is 0. The third-order valence-electron chi connectivity index (χ3n) is 3.01. The summed E-state index contributed by atoms with van der Waals surface area (Å²) in [4.78, 5) is 13.3. The zero-order valence-electron chi connectivity index (χ0n) is 11.8. The zero-order chi connectivity index (χ0) is 14.7. The van der Waals surface area contributed by atoms with Gasteiger partial charge in [-0.25, -0.2) is 4.39 Å². The number of nitrogens with one attached hydrogen (secondary N) is 1. The molecular weight excluding hydrogens is 255 g/mol. The summed E-state index contributed by atoms with van der Waals surface area (Å²) in [7, 11) is 3.88. The van der Waals surface area contributed by atoms with Crippen LogP contribution in [0, 0.1) is 5.82 Å². The third-order valence-corrected chi connectivity index (χ3v) is 3.01. The monoisotopic (exact) mass is 272 g/mol. The number of benzene rings is 2. The van der Waals surface area contributed by atoms with Crippen LogP contribution in [0.4, 0.5) is 21.5 Å². The maximum absolute atomic E-state index is 13.8. The molecule has 0 heterocycles. The molecule has 0 aliphatic rings. The number of anilines is 3. The van der Waals surface area contributed by atoms with Gasteiger partial charge in [0.15, 0.2) is 5.78 Å². The molecular formula is C16H17FN2O. The van der Waals surface area contributed by atoms with Gasteiger partial charge in [-0.3, -0.25) is 4.79 Å². The first kappa shape index (κ1) is 14.1. The molecule has 2 rings (SSSR count). The second-order valence-electron chi connectivity index (χ2n) is 4.82. The standard InChI is InChI=1S/C16H17FN2O/c1-11(20)12-7-8-15(17)16(9-12)18-13-5-4-6-14(10-13)19(2)3/h4-10,18H,1-3H3. The Labute approximate surface area is 118 Å². The Hall–Kier alpha value is -2.36.